The first-order valence-electron chi connectivity index (χ1n) is 5.22. The van der Waals surface area contributed by atoms with Crippen LogP contribution in [0, 0.1) is 5.92 Å². The second-order valence-corrected chi connectivity index (χ2v) is 5.19. The lowest BCUT2D eigenvalue weighted by Gasteiger charge is -2.11. The van der Waals surface area contributed by atoms with Crippen LogP contribution in [0.5, 0.6) is 0 Å². The molecule has 1 fully saturated rings. The normalized spacial score (nSPS) is 21.9. The zero-order chi connectivity index (χ0) is 10.4. The minimum absolute atomic E-state index is 0. The van der Waals surface area contributed by atoms with Gasteiger partial charge in [-0.2, -0.15) is 11.8 Å². The number of thioether (sulfide) groups is 1. The van der Waals surface area contributed by atoms with E-state index in [1.807, 2.05) is 0 Å². The summed E-state index contributed by atoms with van der Waals surface area (Å²) in [4.78, 5) is 11.5. The standard InChI is InChI=1S/C10H20N2OS.ClH/c1-8(14-2)6-12-10(13)5-9-3-4-11-7-9;/h8-9,11H,3-7H2,1-2H3,(H,12,13);1H. The van der Waals surface area contributed by atoms with Gasteiger partial charge in [0, 0.05) is 18.2 Å². The highest BCUT2D eigenvalue weighted by Crippen LogP contribution is 2.11. The predicted octanol–water partition coefficient (Wildman–Crippen LogP) is 1.28. The highest BCUT2D eigenvalue weighted by atomic mass is 35.5. The Kier molecular flexibility index (Phi) is 8.29. The van der Waals surface area contributed by atoms with Gasteiger partial charge < -0.3 is 10.6 Å². The van der Waals surface area contributed by atoms with E-state index >= 15 is 0 Å². The summed E-state index contributed by atoms with van der Waals surface area (Å²) in [5.41, 5.74) is 0. The number of hydrogen-bond donors (Lipinski definition) is 2. The van der Waals surface area contributed by atoms with E-state index in [0.29, 0.717) is 17.6 Å². The zero-order valence-electron chi connectivity index (χ0n) is 9.41. The molecule has 0 aromatic rings. The van der Waals surface area contributed by atoms with Gasteiger partial charge >= 0.3 is 0 Å². The SMILES string of the molecule is CSC(C)CNC(=O)CC1CCNC1.Cl. The Morgan fingerprint density at radius 1 is 1.67 bits per heavy atom. The molecule has 1 heterocycles. The van der Waals surface area contributed by atoms with Gasteiger partial charge in [0.05, 0.1) is 0 Å². The van der Waals surface area contributed by atoms with Gasteiger partial charge in [0.1, 0.15) is 0 Å². The molecule has 2 unspecified atom stereocenters. The molecule has 0 saturated carbocycles. The molecule has 0 aromatic carbocycles. The van der Waals surface area contributed by atoms with E-state index in [2.05, 4.69) is 23.8 Å². The zero-order valence-corrected chi connectivity index (χ0v) is 11.0. The molecule has 1 saturated heterocycles. The lowest BCUT2D eigenvalue weighted by atomic mass is 10.0. The molecule has 1 aliphatic rings. The third kappa shape index (κ3) is 6.28. The molecule has 2 atom stereocenters. The first kappa shape index (κ1) is 15.1. The molecule has 0 bridgehead atoms. The smallest absolute Gasteiger partial charge is 0.220 e. The summed E-state index contributed by atoms with van der Waals surface area (Å²) in [6.07, 6.45) is 3.90. The summed E-state index contributed by atoms with van der Waals surface area (Å²) >= 11 is 1.78. The van der Waals surface area contributed by atoms with Crippen LogP contribution in [0.1, 0.15) is 19.8 Å². The largest absolute Gasteiger partial charge is 0.355 e. The van der Waals surface area contributed by atoms with Gasteiger partial charge in [0.2, 0.25) is 5.91 Å². The van der Waals surface area contributed by atoms with Gasteiger partial charge in [-0.15, -0.1) is 12.4 Å². The molecule has 0 aromatic heterocycles. The van der Waals surface area contributed by atoms with E-state index in [-0.39, 0.29) is 18.3 Å². The molecular formula is C10H21ClN2OS. The van der Waals surface area contributed by atoms with Crippen molar-refractivity contribution in [2.45, 2.75) is 25.0 Å². The number of carbonyl (C=O) groups excluding carboxylic acids is 1. The molecule has 0 spiro atoms. The molecule has 15 heavy (non-hydrogen) atoms. The number of hydrogen-bond acceptors (Lipinski definition) is 3. The maximum absolute atomic E-state index is 11.5. The molecule has 1 aliphatic heterocycles. The van der Waals surface area contributed by atoms with Crippen molar-refractivity contribution in [1.29, 1.82) is 0 Å². The molecule has 0 aliphatic carbocycles. The van der Waals surface area contributed by atoms with E-state index < -0.39 is 0 Å². The molecule has 0 radical (unpaired) electrons. The first-order valence-corrected chi connectivity index (χ1v) is 6.51. The van der Waals surface area contributed by atoms with Crippen LogP contribution in [0.25, 0.3) is 0 Å². The summed E-state index contributed by atoms with van der Waals surface area (Å²) in [6.45, 7) is 4.99. The fraction of sp³-hybridized carbons (Fsp3) is 0.900. The van der Waals surface area contributed by atoms with E-state index in [1.165, 1.54) is 0 Å². The topological polar surface area (TPSA) is 41.1 Å². The van der Waals surface area contributed by atoms with Crippen LogP contribution >= 0.6 is 24.2 Å². The Hall–Kier alpha value is 0.0700. The van der Waals surface area contributed by atoms with Gasteiger partial charge in [-0.05, 0) is 31.7 Å². The van der Waals surface area contributed by atoms with Crippen molar-refractivity contribution in [2.75, 3.05) is 25.9 Å². The Labute approximate surface area is 103 Å². The predicted molar refractivity (Wildman–Crippen MR) is 68.8 cm³/mol. The second-order valence-electron chi connectivity index (χ2n) is 3.91. The molecule has 1 amide bonds. The Bertz CT molecular complexity index is 186. The van der Waals surface area contributed by atoms with Crippen LogP contribution in [-0.2, 0) is 4.79 Å². The second kappa shape index (κ2) is 8.25. The Morgan fingerprint density at radius 3 is 2.93 bits per heavy atom. The maximum atomic E-state index is 11.5. The number of rotatable bonds is 5. The monoisotopic (exact) mass is 252 g/mol. The van der Waals surface area contributed by atoms with Crippen molar-refractivity contribution >= 4 is 30.1 Å². The average molecular weight is 253 g/mol. The van der Waals surface area contributed by atoms with E-state index in [1.54, 1.807) is 11.8 Å². The minimum atomic E-state index is 0. The average Bonchev–Trinajstić information content (AvgIpc) is 2.66. The molecular weight excluding hydrogens is 232 g/mol. The van der Waals surface area contributed by atoms with E-state index in [9.17, 15) is 4.79 Å². The summed E-state index contributed by atoms with van der Waals surface area (Å²) in [7, 11) is 0. The highest BCUT2D eigenvalue weighted by molar-refractivity contribution is 7.99. The van der Waals surface area contributed by atoms with Gasteiger partial charge in [-0.3, -0.25) is 4.79 Å². The van der Waals surface area contributed by atoms with Gasteiger partial charge in [-0.25, -0.2) is 0 Å². The van der Waals surface area contributed by atoms with Crippen molar-refractivity contribution in [3.8, 4) is 0 Å². The summed E-state index contributed by atoms with van der Waals surface area (Å²) in [5.74, 6) is 0.763. The van der Waals surface area contributed by atoms with Crippen LogP contribution in [0.15, 0.2) is 0 Å². The number of halogens is 1. The molecule has 5 heteroatoms. The van der Waals surface area contributed by atoms with Crippen molar-refractivity contribution < 1.29 is 4.79 Å². The van der Waals surface area contributed by atoms with Crippen LogP contribution in [0.4, 0.5) is 0 Å². The van der Waals surface area contributed by atoms with Crippen LogP contribution in [0.3, 0.4) is 0 Å². The lowest BCUT2D eigenvalue weighted by molar-refractivity contribution is -0.121. The minimum Gasteiger partial charge on any atom is -0.355 e. The third-order valence-electron chi connectivity index (χ3n) is 2.63. The van der Waals surface area contributed by atoms with Gasteiger partial charge in [0.15, 0.2) is 0 Å². The van der Waals surface area contributed by atoms with Gasteiger partial charge in [0.25, 0.3) is 0 Å². The van der Waals surface area contributed by atoms with E-state index in [4.69, 9.17) is 0 Å². The Morgan fingerprint density at radius 2 is 2.40 bits per heavy atom. The molecule has 3 nitrogen and oxygen atoms in total. The van der Waals surface area contributed by atoms with Crippen molar-refractivity contribution in [3.63, 3.8) is 0 Å². The number of carbonyl (C=O) groups is 1. The molecule has 2 N–H and O–H groups in total. The number of nitrogens with one attached hydrogen (secondary N) is 2. The lowest BCUT2D eigenvalue weighted by Crippen LogP contribution is -2.31. The fourth-order valence-electron chi connectivity index (χ4n) is 1.56. The summed E-state index contributed by atoms with van der Waals surface area (Å²) in [5, 5.41) is 6.76. The van der Waals surface area contributed by atoms with E-state index in [0.717, 1.165) is 26.1 Å². The van der Waals surface area contributed by atoms with Crippen molar-refractivity contribution in [1.82, 2.24) is 10.6 Å². The maximum Gasteiger partial charge on any atom is 0.220 e. The highest BCUT2D eigenvalue weighted by Gasteiger charge is 2.17. The molecule has 1 rings (SSSR count). The van der Waals surface area contributed by atoms with Crippen LogP contribution in [-0.4, -0.2) is 37.0 Å². The van der Waals surface area contributed by atoms with Crippen LogP contribution in [0.2, 0.25) is 0 Å². The number of amides is 1. The quantitative estimate of drug-likeness (QED) is 0.775. The van der Waals surface area contributed by atoms with Crippen molar-refractivity contribution in [2.24, 2.45) is 5.92 Å². The Balaban J connectivity index is 0.00000196. The fourth-order valence-corrected chi connectivity index (χ4v) is 1.81. The van der Waals surface area contributed by atoms with Crippen LogP contribution < -0.4 is 10.6 Å². The van der Waals surface area contributed by atoms with Gasteiger partial charge in [-0.1, -0.05) is 6.92 Å². The third-order valence-corrected chi connectivity index (χ3v) is 3.60. The first-order chi connectivity index (χ1) is 6.72. The summed E-state index contributed by atoms with van der Waals surface area (Å²) < 4.78 is 0. The molecule has 90 valence electrons. The van der Waals surface area contributed by atoms with Crippen molar-refractivity contribution in [3.05, 3.63) is 0 Å². The summed E-state index contributed by atoms with van der Waals surface area (Å²) in [6, 6.07) is 0.